The Bertz CT molecular complexity index is 1170. The number of amides is 1. The number of hydrogen-bond acceptors (Lipinski definition) is 7. The maximum absolute atomic E-state index is 13.0. The number of hydrogen-bond donors (Lipinski definition) is 1. The van der Waals surface area contributed by atoms with E-state index in [0.29, 0.717) is 27.0 Å². The van der Waals surface area contributed by atoms with Gasteiger partial charge in [0.05, 0.1) is 10.3 Å². The number of rotatable bonds is 4. The standard InChI is InChI=1S/C19H16BrN5O3S/c1-2-8-29-19-22-18(26)16-14-10-12(20)6-7-15(14)21-17(24(16)23-19)11-4-3-5-13(9-11)25(27)28/h3-7,9-10,17H,2,8H2,1H3,(H,22,23,26)/t17-/m1/s1. The largest absolute Gasteiger partial charge is 0.298 e. The maximum atomic E-state index is 13.0. The number of nitrogens with one attached hydrogen (secondary N) is 1. The Morgan fingerprint density at radius 3 is 2.90 bits per heavy atom. The molecule has 2 heterocycles. The molecule has 0 aliphatic carbocycles. The smallest absolute Gasteiger partial charge is 0.276 e. The van der Waals surface area contributed by atoms with Crippen LogP contribution in [0.15, 0.2) is 57.0 Å². The summed E-state index contributed by atoms with van der Waals surface area (Å²) in [5.74, 6) is 0.534. The van der Waals surface area contributed by atoms with E-state index in [0.717, 1.165) is 16.6 Å². The van der Waals surface area contributed by atoms with Crippen LogP contribution in [0.3, 0.4) is 0 Å². The number of benzene rings is 2. The Morgan fingerprint density at radius 2 is 2.14 bits per heavy atom. The van der Waals surface area contributed by atoms with Gasteiger partial charge in [0.2, 0.25) is 0 Å². The number of nitro benzene ring substituents is 1. The lowest BCUT2D eigenvalue weighted by molar-refractivity contribution is -0.384. The Morgan fingerprint density at radius 1 is 1.31 bits per heavy atom. The summed E-state index contributed by atoms with van der Waals surface area (Å²) in [7, 11) is 0. The van der Waals surface area contributed by atoms with Crippen molar-refractivity contribution in [1.82, 2.24) is 10.3 Å². The minimum atomic E-state index is -0.679. The van der Waals surface area contributed by atoms with Gasteiger partial charge in [-0.2, -0.15) is 0 Å². The number of nitrogens with zero attached hydrogens (tertiary/aromatic N) is 4. The first-order valence-electron chi connectivity index (χ1n) is 8.92. The van der Waals surface area contributed by atoms with E-state index < -0.39 is 11.1 Å². The van der Waals surface area contributed by atoms with Crippen LogP contribution in [0, 0.1) is 10.1 Å². The normalized spacial score (nSPS) is 17.7. The zero-order valence-corrected chi connectivity index (χ0v) is 17.7. The second-order valence-electron chi connectivity index (χ2n) is 6.42. The first-order valence-corrected chi connectivity index (χ1v) is 10.7. The minimum Gasteiger partial charge on any atom is -0.298 e. The number of carbonyl (C=O) groups is 1. The molecule has 0 spiro atoms. The molecule has 2 aromatic rings. The first kappa shape index (κ1) is 19.6. The highest BCUT2D eigenvalue weighted by Crippen LogP contribution is 2.32. The number of non-ortho nitro benzene ring substituents is 1. The molecule has 4 rings (SSSR count). The summed E-state index contributed by atoms with van der Waals surface area (Å²) in [6.07, 6.45) is 0.256. The van der Waals surface area contributed by atoms with Crippen molar-refractivity contribution in [2.45, 2.75) is 19.5 Å². The predicted octanol–water partition coefficient (Wildman–Crippen LogP) is 2.64. The number of carbonyl (C=O) groups excluding carboxylic acids is 1. The molecule has 0 saturated heterocycles. The number of thioether (sulfide) groups is 1. The second kappa shape index (κ2) is 7.96. The highest BCUT2D eigenvalue weighted by molar-refractivity contribution is 9.10. The monoisotopic (exact) mass is 473 g/mol. The fraction of sp³-hybridized carbons (Fsp3) is 0.211. The molecule has 0 bridgehead atoms. The Kier molecular flexibility index (Phi) is 5.37. The van der Waals surface area contributed by atoms with E-state index in [1.807, 2.05) is 25.1 Å². The van der Waals surface area contributed by atoms with Crippen LogP contribution in [0.4, 0.5) is 5.69 Å². The first-order chi connectivity index (χ1) is 14.0. The highest BCUT2D eigenvalue weighted by atomic mass is 79.9. The van der Waals surface area contributed by atoms with Crippen LogP contribution in [-0.2, 0) is 4.79 Å². The quantitative estimate of drug-likeness (QED) is 0.543. The van der Waals surface area contributed by atoms with Crippen LogP contribution >= 0.6 is 27.7 Å². The lowest BCUT2D eigenvalue weighted by Gasteiger charge is -2.34. The molecule has 0 fully saturated rings. The molecule has 1 atom stereocenters. The van der Waals surface area contributed by atoms with E-state index in [-0.39, 0.29) is 11.6 Å². The molecule has 2 aliphatic rings. The van der Waals surface area contributed by atoms with Gasteiger partial charge in [-0.3, -0.25) is 25.2 Å². The van der Waals surface area contributed by atoms with Crippen LogP contribution in [0.1, 0.15) is 25.1 Å². The van der Waals surface area contributed by atoms with Crippen LogP contribution in [0.25, 0.3) is 5.70 Å². The lowest BCUT2D eigenvalue weighted by Crippen LogP contribution is -2.50. The van der Waals surface area contributed by atoms with Gasteiger partial charge in [0.15, 0.2) is 11.3 Å². The van der Waals surface area contributed by atoms with Crippen molar-refractivity contribution >= 4 is 50.2 Å². The van der Waals surface area contributed by atoms with E-state index in [1.54, 1.807) is 17.1 Å². The number of halogens is 1. The second-order valence-corrected chi connectivity index (χ2v) is 8.42. The van der Waals surface area contributed by atoms with Crippen LogP contribution in [-0.4, -0.2) is 26.8 Å². The van der Waals surface area contributed by atoms with Gasteiger partial charge < -0.3 is 0 Å². The minimum absolute atomic E-state index is 0.0353. The molecule has 29 heavy (non-hydrogen) atoms. The van der Waals surface area contributed by atoms with Crippen molar-refractivity contribution in [1.29, 1.82) is 0 Å². The van der Waals surface area contributed by atoms with Crippen molar-refractivity contribution in [3.8, 4) is 0 Å². The molecular formula is C19H16BrN5O3S. The summed E-state index contributed by atoms with van der Waals surface area (Å²) in [5.41, 5.74) is 0.920. The van der Waals surface area contributed by atoms with Gasteiger partial charge in [-0.1, -0.05) is 46.7 Å². The number of nitro groups is 1. The molecule has 8 nitrogen and oxygen atoms in total. The van der Waals surface area contributed by atoms with Crippen molar-refractivity contribution in [2.75, 3.05) is 5.75 Å². The van der Waals surface area contributed by atoms with E-state index in [1.165, 1.54) is 23.9 Å². The summed E-state index contributed by atoms with van der Waals surface area (Å²) in [4.78, 5) is 28.5. The van der Waals surface area contributed by atoms with Crippen LogP contribution in [0.5, 0.6) is 0 Å². The number of amidine groups is 1. The molecule has 0 aromatic heterocycles. The predicted molar refractivity (Wildman–Crippen MR) is 114 cm³/mol. The van der Waals surface area contributed by atoms with Crippen LogP contribution in [0.2, 0.25) is 0 Å². The molecule has 1 N–H and O–H groups in total. The van der Waals surface area contributed by atoms with E-state index >= 15 is 0 Å². The number of fused-ring (bicyclic) bond motifs is 2. The average Bonchev–Trinajstić information content (AvgIpc) is 2.71. The molecule has 0 unspecified atom stereocenters. The molecule has 148 valence electrons. The molecule has 0 radical (unpaired) electrons. The van der Waals surface area contributed by atoms with Gasteiger partial charge in [-0.25, -0.2) is 5.01 Å². The summed E-state index contributed by atoms with van der Waals surface area (Å²) < 4.78 is 0.815. The van der Waals surface area contributed by atoms with Crippen molar-refractivity contribution in [3.05, 3.63) is 73.2 Å². The van der Waals surface area contributed by atoms with Gasteiger partial charge in [0, 0.05) is 33.1 Å². The van der Waals surface area contributed by atoms with E-state index in [4.69, 9.17) is 4.99 Å². The average molecular weight is 474 g/mol. The molecule has 1 amide bonds. The fourth-order valence-electron chi connectivity index (χ4n) is 3.13. The van der Waals surface area contributed by atoms with Gasteiger partial charge >= 0.3 is 0 Å². The lowest BCUT2D eigenvalue weighted by atomic mass is 10.1. The summed E-state index contributed by atoms with van der Waals surface area (Å²) in [6, 6.07) is 11.7. The molecule has 2 aromatic carbocycles. The third kappa shape index (κ3) is 3.77. The van der Waals surface area contributed by atoms with E-state index in [2.05, 4.69) is 26.3 Å². The summed E-state index contributed by atoms with van der Waals surface area (Å²) in [6.45, 7) is 2.05. The van der Waals surface area contributed by atoms with Gasteiger partial charge in [0.25, 0.3) is 11.6 Å². The Labute approximate surface area is 178 Å². The van der Waals surface area contributed by atoms with E-state index in [9.17, 15) is 14.9 Å². The fourth-order valence-corrected chi connectivity index (χ4v) is 4.20. The summed E-state index contributed by atoms with van der Waals surface area (Å²) >= 11 is 4.89. The van der Waals surface area contributed by atoms with Crippen molar-refractivity contribution < 1.29 is 9.72 Å². The van der Waals surface area contributed by atoms with Crippen molar-refractivity contribution in [3.63, 3.8) is 0 Å². The zero-order chi connectivity index (χ0) is 20.5. The molecular weight excluding hydrogens is 458 g/mol. The van der Waals surface area contributed by atoms with Gasteiger partial charge in [0.1, 0.15) is 5.70 Å². The Hall–Kier alpha value is -2.72. The van der Waals surface area contributed by atoms with Gasteiger partial charge in [-0.15, -0.1) is 5.10 Å². The van der Waals surface area contributed by atoms with Crippen molar-refractivity contribution in [2.24, 2.45) is 10.1 Å². The van der Waals surface area contributed by atoms with Crippen LogP contribution < -0.4 is 15.9 Å². The zero-order valence-electron chi connectivity index (χ0n) is 15.3. The molecule has 10 heteroatoms. The topological polar surface area (TPSA) is 100 Å². The number of hydrazone groups is 1. The Balaban J connectivity index is 1.92. The molecule has 0 saturated carbocycles. The SMILES string of the molecule is CCCSC1=NN2C(=c3cc(Br)ccc3=N[C@H]2c2cccc([N+](=O)[O-])c2)C(=O)N1. The highest BCUT2D eigenvalue weighted by Gasteiger charge is 2.34. The third-order valence-electron chi connectivity index (χ3n) is 4.39. The third-order valence-corrected chi connectivity index (χ3v) is 5.95. The maximum Gasteiger partial charge on any atom is 0.276 e. The summed E-state index contributed by atoms with van der Waals surface area (Å²) in [5, 5.41) is 22.0. The van der Waals surface area contributed by atoms with Gasteiger partial charge in [-0.05, 0) is 24.6 Å². The molecule has 2 aliphatic heterocycles.